The Hall–Kier alpha value is -4.88. The van der Waals surface area contributed by atoms with E-state index in [9.17, 15) is 14.4 Å². The molecule has 1 aliphatic rings. The first kappa shape index (κ1) is 25.8. The monoisotopic (exact) mass is 537 g/mol. The lowest BCUT2D eigenvalue weighted by atomic mass is 10.1. The lowest BCUT2D eigenvalue weighted by molar-refractivity contribution is -0.137. The van der Waals surface area contributed by atoms with Gasteiger partial charge in [0.15, 0.2) is 0 Å². The first-order chi connectivity index (χ1) is 19.0. The molecule has 0 aromatic heterocycles. The van der Waals surface area contributed by atoms with Gasteiger partial charge in [0.05, 0.1) is 0 Å². The summed E-state index contributed by atoms with van der Waals surface area (Å²) in [6.45, 7) is 0.209. The van der Waals surface area contributed by atoms with Crippen molar-refractivity contribution < 1.29 is 19.1 Å². The number of carbonyl (C=O) groups excluding carboxylic acids is 3. The molecule has 0 aliphatic carbocycles. The predicted molar refractivity (Wildman–Crippen MR) is 151 cm³/mol. The number of halogens is 1. The van der Waals surface area contributed by atoms with Gasteiger partial charge in [0, 0.05) is 23.5 Å². The maximum atomic E-state index is 13.0. The van der Waals surface area contributed by atoms with Gasteiger partial charge in [-0.3, -0.25) is 19.3 Å². The van der Waals surface area contributed by atoms with E-state index in [-0.39, 0.29) is 23.2 Å². The van der Waals surface area contributed by atoms with Gasteiger partial charge in [-0.1, -0.05) is 66.2 Å². The molecule has 0 unspecified atom stereocenters. The second-order valence-corrected chi connectivity index (χ2v) is 9.16. The van der Waals surface area contributed by atoms with Crippen molar-refractivity contribution in [1.82, 2.24) is 4.90 Å². The number of nitrogens with zero attached hydrogens (tertiary/aromatic N) is 1. The highest BCUT2D eigenvalue weighted by atomic mass is 35.5. The van der Waals surface area contributed by atoms with Crippen LogP contribution in [0, 0.1) is 0 Å². The van der Waals surface area contributed by atoms with Gasteiger partial charge in [0.1, 0.15) is 22.2 Å². The van der Waals surface area contributed by atoms with Gasteiger partial charge in [0.25, 0.3) is 17.7 Å². The minimum absolute atomic E-state index is 0.0127. The smallest absolute Gasteiger partial charge is 0.278 e. The quantitative estimate of drug-likeness (QED) is 0.248. The van der Waals surface area contributed by atoms with Crippen LogP contribution in [0.3, 0.4) is 0 Å². The van der Waals surface area contributed by atoms with Gasteiger partial charge < -0.3 is 15.4 Å². The number of hydrogen-bond acceptors (Lipinski definition) is 5. The molecule has 194 valence electrons. The number of ether oxygens (including phenoxy) is 1. The fourth-order valence-corrected chi connectivity index (χ4v) is 4.29. The van der Waals surface area contributed by atoms with Crippen LogP contribution >= 0.6 is 11.6 Å². The van der Waals surface area contributed by atoms with Crippen LogP contribution in [0.25, 0.3) is 0 Å². The average Bonchev–Trinajstić information content (AvgIpc) is 3.16. The molecule has 39 heavy (non-hydrogen) atoms. The van der Waals surface area contributed by atoms with E-state index in [4.69, 9.17) is 16.3 Å². The third kappa shape index (κ3) is 6.17. The Morgan fingerprint density at radius 2 is 1.41 bits per heavy atom. The Balaban J connectivity index is 1.21. The van der Waals surface area contributed by atoms with E-state index in [0.717, 1.165) is 16.2 Å². The molecular formula is C31H24ClN3O4. The average molecular weight is 538 g/mol. The molecule has 1 heterocycles. The molecule has 4 aromatic carbocycles. The van der Waals surface area contributed by atoms with Gasteiger partial charge in [-0.25, -0.2) is 0 Å². The maximum absolute atomic E-state index is 13.0. The SMILES string of the molecule is O=C(Nc1ccc(Oc2ccccc2)cc1)c1cccc(NC2=C(Cl)C(=O)N(CCc3ccccc3)C2=O)c1. The summed E-state index contributed by atoms with van der Waals surface area (Å²) >= 11 is 6.24. The highest BCUT2D eigenvalue weighted by Crippen LogP contribution is 2.27. The van der Waals surface area contributed by atoms with Crippen molar-refractivity contribution in [1.29, 1.82) is 0 Å². The zero-order valence-electron chi connectivity index (χ0n) is 20.8. The summed E-state index contributed by atoms with van der Waals surface area (Å²) in [5.41, 5.74) is 2.40. The molecule has 3 amide bonds. The van der Waals surface area contributed by atoms with Gasteiger partial charge in [0.2, 0.25) is 0 Å². The van der Waals surface area contributed by atoms with Crippen LogP contribution in [0.4, 0.5) is 11.4 Å². The molecule has 0 spiro atoms. The van der Waals surface area contributed by atoms with Crippen LogP contribution in [0.1, 0.15) is 15.9 Å². The summed E-state index contributed by atoms with van der Waals surface area (Å²) in [5.74, 6) is -0.0317. The number of para-hydroxylation sites is 1. The molecule has 0 atom stereocenters. The minimum Gasteiger partial charge on any atom is -0.457 e. The Labute approximate surface area is 230 Å². The number of hydrogen-bond donors (Lipinski definition) is 2. The Bertz CT molecular complexity index is 1540. The molecule has 0 bridgehead atoms. The molecular weight excluding hydrogens is 514 g/mol. The summed E-state index contributed by atoms with van der Waals surface area (Å²) in [5, 5.41) is 5.59. The van der Waals surface area contributed by atoms with Crippen LogP contribution in [0.15, 0.2) is 120 Å². The van der Waals surface area contributed by atoms with E-state index >= 15 is 0 Å². The minimum atomic E-state index is -0.548. The molecule has 0 saturated heterocycles. The number of benzene rings is 4. The summed E-state index contributed by atoms with van der Waals surface area (Å²) in [7, 11) is 0. The summed E-state index contributed by atoms with van der Waals surface area (Å²) < 4.78 is 5.78. The van der Waals surface area contributed by atoms with Crippen molar-refractivity contribution in [3.63, 3.8) is 0 Å². The molecule has 7 nitrogen and oxygen atoms in total. The van der Waals surface area contributed by atoms with Crippen LogP contribution < -0.4 is 15.4 Å². The van der Waals surface area contributed by atoms with E-state index in [2.05, 4.69) is 10.6 Å². The Morgan fingerprint density at radius 1 is 0.744 bits per heavy atom. The highest BCUT2D eigenvalue weighted by molar-refractivity contribution is 6.48. The lowest BCUT2D eigenvalue weighted by Gasteiger charge is -2.15. The first-order valence-electron chi connectivity index (χ1n) is 12.3. The summed E-state index contributed by atoms with van der Waals surface area (Å²) in [4.78, 5) is 39.6. The molecule has 0 fully saturated rings. The van der Waals surface area contributed by atoms with Crippen LogP contribution in [0.5, 0.6) is 11.5 Å². The molecule has 5 rings (SSSR count). The van der Waals surface area contributed by atoms with Crippen LogP contribution in [-0.4, -0.2) is 29.2 Å². The Kier molecular flexibility index (Phi) is 7.70. The fourth-order valence-electron chi connectivity index (χ4n) is 4.06. The van der Waals surface area contributed by atoms with Crippen molar-refractivity contribution in [3.8, 4) is 11.5 Å². The van der Waals surface area contributed by atoms with E-state index in [1.165, 1.54) is 0 Å². The zero-order valence-corrected chi connectivity index (χ0v) is 21.5. The van der Waals surface area contributed by atoms with Gasteiger partial charge in [-0.05, 0) is 66.6 Å². The zero-order chi connectivity index (χ0) is 27.2. The third-order valence-electron chi connectivity index (χ3n) is 6.06. The molecule has 0 radical (unpaired) electrons. The maximum Gasteiger partial charge on any atom is 0.278 e. The van der Waals surface area contributed by atoms with Gasteiger partial charge in [-0.15, -0.1) is 0 Å². The van der Waals surface area contributed by atoms with Crippen molar-refractivity contribution >= 4 is 40.7 Å². The number of anilines is 2. The first-order valence-corrected chi connectivity index (χ1v) is 12.7. The van der Waals surface area contributed by atoms with Gasteiger partial charge in [-0.2, -0.15) is 0 Å². The molecule has 8 heteroatoms. The number of rotatable bonds is 9. The standard InChI is InChI=1S/C31H24ClN3O4/c32-27-28(31(38)35(30(27)37)19-18-21-8-3-1-4-9-21)33-24-11-7-10-22(20-24)29(36)34-23-14-16-26(17-15-23)39-25-12-5-2-6-13-25/h1-17,20,33H,18-19H2,(H,34,36). The number of amides is 3. The van der Waals surface area contributed by atoms with Crippen molar-refractivity contribution in [2.75, 3.05) is 17.2 Å². The van der Waals surface area contributed by atoms with Crippen molar-refractivity contribution in [2.24, 2.45) is 0 Å². The number of imide groups is 1. The molecule has 1 aliphatic heterocycles. The largest absolute Gasteiger partial charge is 0.457 e. The van der Waals surface area contributed by atoms with E-state index in [1.54, 1.807) is 48.5 Å². The predicted octanol–water partition coefficient (Wildman–Crippen LogP) is 6.21. The Morgan fingerprint density at radius 3 is 2.13 bits per heavy atom. The topological polar surface area (TPSA) is 87.7 Å². The summed E-state index contributed by atoms with van der Waals surface area (Å²) in [6.07, 6.45) is 0.519. The number of carbonyl (C=O) groups is 3. The third-order valence-corrected chi connectivity index (χ3v) is 6.41. The van der Waals surface area contributed by atoms with E-state index < -0.39 is 11.8 Å². The van der Waals surface area contributed by atoms with Gasteiger partial charge >= 0.3 is 0 Å². The second-order valence-electron chi connectivity index (χ2n) is 8.79. The van der Waals surface area contributed by atoms with Crippen LogP contribution in [0.2, 0.25) is 0 Å². The normalized spacial score (nSPS) is 13.0. The molecule has 0 saturated carbocycles. The van der Waals surface area contributed by atoms with Crippen molar-refractivity contribution in [2.45, 2.75) is 6.42 Å². The molecule has 2 N–H and O–H groups in total. The summed E-state index contributed by atoms with van der Waals surface area (Å²) in [6, 6.07) is 32.6. The fraction of sp³-hybridized carbons (Fsp3) is 0.0645. The van der Waals surface area contributed by atoms with Crippen molar-refractivity contribution in [3.05, 3.63) is 131 Å². The van der Waals surface area contributed by atoms with Crippen LogP contribution in [-0.2, 0) is 16.0 Å². The lowest BCUT2D eigenvalue weighted by Crippen LogP contribution is -2.34. The second kappa shape index (κ2) is 11.7. The number of nitrogens with one attached hydrogen (secondary N) is 2. The molecule has 4 aromatic rings. The van der Waals surface area contributed by atoms with E-state index in [0.29, 0.717) is 29.1 Å². The van der Waals surface area contributed by atoms with E-state index in [1.807, 2.05) is 60.7 Å². The highest BCUT2D eigenvalue weighted by Gasteiger charge is 2.37.